The Morgan fingerprint density at radius 3 is 2.33 bits per heavy atom. The Morgan fingerprint density at radius 2 is 1.78 bits per heavy atom. The van der Waals surface area contributed by atoms with E-state index in [1.807, 2.05) is 0 Å². The van der Waals surface area contributed by atoms with Crippen molar-refractivity contribution in [2.45, 2.75) is 11.3 Å². The van der Waals surface area contributed by atoms with Crippen molar-refractivity contribution >= 4 is 25.6 Å². The Labute approximate surface area is 106 Å². The van der Waals surface area contributed by atoms with E-state index in [4.69, 9.17) is 4.55 Å². The molecule has 0 amide bonds. The average molecular weight is 291 g/mol. The minimum Gasteiger partial charge on any atom is -0.380 e. The number of sulfone groups is 1. The van der Waals surface area contributed by atoms with E-state index in [9.17, 15) is 16.8 Å². The van der Waals surface area contributed by atoms with Crippen LogP contribution in [0.4, 0.5) is 5.69 Å². The highest BCUT2D eigenvalue weighted by Crippen LogP contribution is 2.22. The summed E-state index contributed by atoms with van der Waals surface area (Å²) < 4.78 is 54.4. The molecule has 1 aliphatic rings. The van der Waals surface area contributed by atoms with Crippen LogP contribution in [0.15, 0.2) is 30.3 Å². The molecule has 0 unspecified atom stereocenters. The van der Waals surface area contributed by atoms with Crippen LogP contribution in [0.3, 0.4) is 0 Å². The van der Waals surface area contributed by atoms with Gasteiger partial charge in [-0.15, -0.1) is 0 Å². The fraction of sp³-hybridized carbons (Fsp3) is 0.400. The van der Waals surface area contributed by atoms with Crippen LogP contribution in [-0.4, -0.2) is 44.2 Å². The Balaban J connectivity index is 2.26. The van der Waals surface area contributed by atoms with E-state index in [0.717, 1.165) is 0 Å². The minimum absolute atomic E-state index is 0.299. The first kappa shape index (κ1) is 13.3. The maximum Gasteiger partial charge on any atom is 0.270 e. The molecule has 6 nitrogen and oxygen atoms in total. The molecule has 2 rings (SSSR count). The van der Waals surface area contributed by atoms with Gasteiger partial charge in [0.2, 0.25) is 0 Å². The third-order valence-corrected chi connectivity index (χ3v) is 6.01. The van der Waals surface area contributed by atoms with Crippen LogP contribution >= 0.6 is 0 Å². The van der Waals surface area contributed by atoms with Gasteiger partial charge in [0.25, 0.3) is 10.1 Å². The second-order valence-corrected chi connectivity index (χ2v) is 8.04. The van der Waals surface area contributed by atoms with Gasteiger partial charge in [0.15, 0.2) is 9.84 Å². The molecular formula is C10H13NO5S2. The van der Waals surface area contributed by atoms with Crippen molar-refractivity contribution in [3.05, 3.63) is 30.3 Å². The summed E-state index contributed by atoms with van der Waals surface area (Å²) in [6.45, 7) is 0. The molecule has 1 aromatic carbocycles. The van der Waals surface area contributed by atoms with Crippen LogP contribution in [0.5, 0.6) is 0 Å². The Morgan fingerprint density at radius 1 is 1.17 bits per heavy atom. The summed E-state index contributed by atoms with van der Waals surface area (Å²) in [4.78, 5) is 0. The van der Waals surface area contributed by atoms with Crippen molar-refractivity contribution in [3.8, 4) is 0 Å². The SMILES string of the molecule is O=S1(=O)C[C@@H](Nc2ccccc2)[C@@H](S(=O)(=O)O)C1. The molecule has 1 fully saturated rings. The average Bonchev–Trinajstić information content (AvgIpc) is 2.55. The van der Waals surface area contributed by atoms with Gasteiger partial charge in [0.1, 0.15) is 5.25 Å². The molecule has 100 valence electrons. The molecule has 0 aromatic heterocycles. The smallest absolute Gasteiger partial charge is 0.270 e. The molecule has 0 aliphatic carbocycles. The Hall–Kier alpha value is -1.12. The highest BCUT2D eigenvalue weighted by Gasteiger charge is 2.44. The highest BCUT2D eigenvalue weighted by atomic mass is 32.2. The normalized spacial score (nSPS) is 26.9. The van der Waals surface area contributed by atoms with Gasteiger partial charge in [0, 0.05) is 5.69 Å². The molecule has 2 atom stereocenters. The zero-order chi connectivity index (χ0) is 13.4. The van der Waals surface area contributed by atoms with Gasteiger partial charge in [-0.3, -0.25) is 4.55 Å². The van der Waals surface area contributed by atoms with Crippen molar-refractivity contribution in [2.75, 3.05) is 16.8 Å². The summed E-state index contributed by atoms with van der Waals surface area (Å²) in [6, 6.07) is 7.85. The lowest BCUT2D eigenvalue weighted by Gasteiger charge is -2.18. The molecule has 1 aliphatic heterocycles. The lowest BCUT2D eigenvalue weighted by atomic mass is 10.2. The summed E-state index contributed by atoms with van der Waals surface area (Å²) in [5.41, 5.74) is 0.619. The van der Waals surface area contributed by atoms with E-state index >= 15 is 0 Å². The van der Waals surface area contributed by atoms with Crippen molar-refractivity contribution in [3.63, 3.8) is 0 Å². The van der Waals surface area contributed by atoms with E-state index in [1.165, 1.54) is 0 Å². The number of nitrogens with one attached hydrogen (secondary N) is 1. The summed E-state index contributed by atoms with van der Waals surface area (Å²) in [5, 5.41) is 1.52. The van der Waals surface area contributed by atoms with Gasteiger partial charge < -0.3 is 5.32 Å². The van der Waals surface area contributed by atoms with Crippen molar-refractivity contribution < 1.29 is 21.4 Å². The number of benzene rings is 1. The molecule has 0 spiro atoms. The van der Waals surface area contributed by atoms with Crippen LogP contribution in [0.2, 0.25) is 0 Å². The molecular weight excluding hydrogens is 278 g/mol. The minimum atomic E-state index is -4.38. The Bertz CT molecular complexity index is 623. The standard InChI is InChI=1S/C10H13NO5S2/c12-17(13)6-9(10(7-17)18(14,15)16)11-8-4-2-1-3-5-8/h1-5,9-11H,6-7H2,(H,14,15,16)/t9-,10+/m1/s1. The predicted molar refractivity (Wildman–Crippen MR) is 67.8 cm³/mol. The molecule has 18 heavy (non-hydrogen) atoms. The monoisotopic (exact) mass is 291 g/mol. The van der Waals surface area contributed by atoms with E-state index in [2.05, 4.69) is 5.32 Å². The summed E-state index contributed by atoms with van der Waals surface area (Å²) >= 11 is 0. The number of para-hydroxylation sites is 1. The van der Waals surface area contributed by atoms with Crippen molar-refractivity contribution in [1.82, 2.24) is 0 Å². The van der Waals surface area contributed by atoms with E-state index in [1.54, 1.807) is 30.3 Å². The molecule has 1 saturated heterocycles. The molecule has 0 saturated carbocycles. The number of hydrogen-bond acceptors (Lipinski definition) is 5. The second kappa shape index (κ2) is 4.52. The van der Waals surface area contributed by atoms with Crippen molar-refractivity contribution in [2.24, 2.45) is 0 Å². The Kier molecular flexibility index (Phi) is 3.35. The fourth-order valence-corrected chi connectivity index (χ4v) is 5.73. The van der Waals surface area contributed by atoms with Crippen LogP contribution in [0, 0.1) is 0 Å². The quantitative estimate of drug-likeness (QED) is 0.769. The summed E-state index contributed by atoms with van der Waals surface area (Å²) in [6.07, 6.45) is 0. The summed E-state index contributed by atoms with van der Waals surface area (Å²) in [5.74, 6) is -0.845. The third-order valence-electron chi connectivity index (χ3n) is 2.81. The second-order valence-electron chi connectivity index (χ2n) is 4.25. The predicted octanol–water partition coefficient (Wildman–Crippen LogP) is 0.152. The van der Waals surface area contributed by atoms with Gasteiger partial charge in [-0.05, 0) is 12.1 Å². The van der Waals surface area contributed by atoms with Crippen LogP contribution in [-0.2, 0) is 20.0 Å². The zero-order valence-electron chi connectivity index (χ0n) is 9.35. The lowest BCUT2D eigenvalue weighted by Crippen LogP contribution is -2.37. The van der Waals surface area contributed by atoms with E-state index in [-0.39, 0.29) is 5.75 Å². The van der Waals surface area contributed by atoms with Gasteiger partial charge in [-0.25, -0.2) is 8.42 Å². The van der Waals surface area contributed by atoms with Gasteiger partial charge in [-0.1, -0.05) is 18.2 Å². The first-order valence-electron chi connectivity index (χ1n) is 5.26. The topological polar surface area (TPSA) is 101 Å². The summed E-state index contributed by atoms with van der Waals surface area (Å²) in [7, 11) is -7.83. The largest absolute Gasteiger partial charge is 0.380 e. The fourth-order valence-electron chi connectivity index (χ4n) is 1.99. The van der Waals surface area contributed by atoms with Gasteiger partial charge in [0.05, 0.1) is 17.5 Å². The van der Waals surface area contributed by atoms with Crippen LogP contribution < -0.4 is 5.32 Å². The van der Waals surface area contributed by atoms with E-state index in [0.29, 0.717) is 5.69 Å². The number of rotatable bonds is 3. The molecule has 8 heteroatoms. The van der Waals surface area contributed by atoms with Crippen LogP contribution in [0.25, 0.3) is 0 Å². The zero-order valence-corrected chi connectivity index (χ0v) is 11.0. The molecule has 1 aromatic rings. The van der Waals surface area contributed by atoms with Crippen molar-refractivity contribution in [1.29, 1.82) is 0 Å². The van der Waals surface area contributed by atoms with Gasteiger partial charge >= 0.3 is 0 Å². The molecule has 0 bridgehead atoms. The molecule has 2 N–H and O–H groups in total. The lowest BCUT2D eigenvalue weighted by molar-refractivity contribution is 0.467. The first-order valence-corrected chi connectivity index (χ1v) is 8.59. The molecule has 0 radical (unpaired) electrons. The van der Waals surface area contributed by atoms with E-state index < -0.39 is 37.0 Å². The molecule has 1 heterocycles. The maximum atomic E-state index is 11.5. The van der Waals surface area contributed by atoms with Gasteiger partial charge in [-0.2, -0.15) is 8.42 Å². The highest BCUT2D eigenvalue weighted by molar-refractivity contribution is 7.94. The first-order chi connectivity index (χ1) is 8.28. The third kappa shape index (κ3) is 3.01. The number of hydrogen-bond donors (Lipinski definition) is 2. The van der Waals surface area contributed by atoms with Crippen LogP contribution in [0.1, 0.15) is 0 Å². The number of anilines is 1. The maximum absolute atomic E-state index is 11.5.